The largest absolute Gasteiger partial charge is 0.310 e. The monoisotopic (exact) mass is 422 g/mol. The highest BCUT2D eigenvalue weighted by atomic mass is 15.1. The van der Waals surface area contributed by atoms with Gasteiger partial charge in [0.25, 0.3) is 0 Å². The van der Waals surface area contributed by atoms with Crippen molar-refractivity contribution in [2.75, 3.05) is 4.90 Å². The van der Waals surface area contributed by atoms with Crippen LogP contribution in [0.25, 0.3) is 32.8 Å². The Labute approximate surface area is 193 Å². The van der Waals surface area contributed by atoms with Gasteiger partial charge in [0, 0.05) is 34.2 Å². The van der Waals surface area contributed by atoms with E-state index in [9.17, 15) is 0 Å². The molecule has 0 spiro atoms. The molecule has 0 fully saturated rings. The average Bonchev–Trinajstić information content (AvgIpc) is 2.89. The highest BCUT2D eigenvalue weighted by molar-refractivity contribution is 5.93. The summed E-state index contributed by atoms with van der Waals surface area (Å²) in [5, 5.41) is 4.77. The SMILES string of the molecule is c1ccc(N(c2ccccc2)c2ccc3ccc(-c4cc5ccccc5cn4)cc3c2)cc1. The van der Waals surface area contributed by atoms with Gasteiger partial charge in [-0.3, -0.25) is 4.98 Å². The molecule has 0 saturated carbocycles. The van der Waals surface area contributed by atoms with Gasteiger partial charge in [-0.15, -0.1) is 0 Å². The average molecular weight is 423 g/mol. The summed E-state index contributed by atoms with van der Waals surface area (Å²) in [6.45, 7) is 0. The van der Waals surface area contributed by atoms with Crippen molar-refractivity contribution in [3.63, 3.8) is 0 Å². The van der Waals surface area contributed by atoms with Crippen molar-refractivity contribution in [1.82, 2.24) is 4.98 Å². The fourth-order valence-corrected chi connectivity index (χ4v) is 4.38. The first-order chi connectivity index (χ1) is 16.3. The van der Waals surface area contributed by atoms with Gasteiger partial charge in [-0.2, -0.15) is 0 Å². The van der Waals surface area contributed by atoms with Crippen molar-refractivity contribution in [2.45, 2.75) is 0 Å². The quantitative estimate of drug-likeness (QED) is 0.283. The molecule has 0 N–H and O–H groups in total. The summed E-state index contributed by atoms with van der Waals surface area (Å²) in [5.74, 6) is 0. The van der Waals surface area contributed by atoms with Crippen LogP contribution in [0, 0.1) is 0 Å². The number of benzene rings is 5. The van der Waals surface area contributed by atoms with Gasteiger partial charge in [0.2, 0.25) is 0 Å². The van der Waals surface area contributed by atoms with E-state index in [-0.39, 0.29) is 0 Å². The standard InChI is InChI=1S/C31H22N2/c1-3-11-28(12-4-1)33(29-13-5-2-6-14-29)30-18-17-23-15-16-25(19-27(23)20-30)31-21-24-9-7-8-10-26(24)22-32-31/h1-22H. The van der Waals surface area contributed by atoms with Gasteiger partial charge in [-0.25, -0.2) is 0 Å². The Bertz CT molecular complexity index is 1520. The lowest BCUT2D eigenvalue weighted by Crippen LogP contribution is -2.09. The summed E-state index contributed by atoms with van der Waals surface area (Å²) in [5.41, 5.74) is 5.51. The van der Waals surface area contributed by atoms with E-state index in [2.05, 4.69) is 126 Å². The zero-order valence-electron chi connectivity index (χ0n) is 18.1. The first-order valence-electron chi connectivity index (χ1n) is 11.1. The van der Waals surface area contributed by atoms with Crippen LogP contribution in [-0.2, 0) is 0 Å². The highest BCUT2D eigenvalue weighted by Gasteiger charge is 2.12. The number of anilines is 3. The van der Waals surface area contributed by atoms with Gasteiger partial charge in [0.1, 0.15) is 0 Å². The van der Waals surface area contributed by atoms with Gasteiger partial charge in [0.15, 0.2) is 0 Å². The summed E-state index contributed by atoms with van der Waals surface area (Å²) in [6.07, 6.45) is 1.96. The third-order valence-corrected chi connectivity index (χ3v) is 6.04. The van der Waals surface area contributed by atoms with Crippen molar-refractivity contribution in [2.24, 2.45) is 0 Å². The number of aromatic nitrogens is 1. The zero-order chi connectivity index (χ0) is 22.0. The van der Waals surface area contributed by atoms with E-state index in [1.165, 1.54) is 16.2 Å². The number of para-hydroxylation sites is 2. The van der Waals surface area contributed by atoms with E-state index < -0.39 is 0 Å². The lowest BCUT2D eigenvalue weighted by Gasteiger charge is -2.25. The molecule has 33 heavy (non-hydrogen) atoms. The molecule has 0 aliphatic rings. The topological polar surface area (TPSA) is 16.1 Å². The van der Waals surface area contributed by atoms with E-state index in [0.717, 1.165) is 33.7 Å². The number of pyridine rings is 1. The number of fused-ring (bicyclic) bond motifs is 2. The molecule has 1 aromatic heterocycles. The van der Waals surface area contributed by atoms with Gasteiger partial charge in [-0.05, 0) is 64.7 Å². The van der Waals surface area contributed by atoms with Crippen LogP contribution >= 0.6 is 0 Å². The maximum Gasteiger partial charge on any atom is 0.0708 e. The highest BCUT2D eigenvalue weighted by Crippen LogP contribution is 2.36. The van der Waals surface area contributed by atoms with Crippen molar-refractivity contribution in [3.05, 3.63) is 134 Å². The summed E-state index contributed by atoms with van der Waals surface area (Å²) < 4.78 is 0. The minimum absolute atomic E-state index is 0.990. The van der Waals surface area contributed by atoms with Gasteiger partial charge >= 0.3 is 0 Å². The maximum atomic E-state index is 4.73. The zero-order valence-corrected chi connectivity index (χ0v) is 18.1. The third-order valence-electron chi connectivity index (χ3n) is 6.04. The van der Waals surface area contributed by atoms with Crippen LogP contribution in [0.1, 0.15) is 0 Å². The fraction of sp³-hybridized carbons (Fsp3) is 0. The van der Waals surface area contributed by atoms with Gasteiger partial charge < -0.3 is 4.90 Å². The Morgan fingerprint density at radius 2 is 1.06 bits per heavy atom. The molecular formula is C31H22N2. The fourth-order valence-electron chi connectivity index (χ4n) is 4.38. The molecule has 2 heteroatoms. The Balaban J connectivity index is 1.47. The van der Waals surface area contributed by atoms with Crippen LogP contribution in [0.2, 0.25) is 0 Å². The Morgan fingerprint density at radius 1 is 0.424 bits per heavy atom. The molecule has 0 aliphatic heterocycles. The van der Waals surface area contributed by atoms with Crippen molar-refractivity contribution < 1.29 is 0 Å². The van der Waals surface area contributed by atoms with Crippen LogP contribution in [0.15, 0.2) is 134 Å². The minimum atomic E-state index is 0.990. The van der Waals surface area contributed by atoms with Crippen LogP contribution in [-0.4, -0.2) is 4.98 Å². The van der Waals surface area contributed by atoms with E-state index in [0.29, 0.717) is 0 Å². The summed E-state index contributed by atoms with van der Waals surface area (Å²) in [4.78, 5) is 7.02. The first kappa shape index (κ1) is 19.3. The number of rotatable bonds is 4. The van der Waals surface area contributed by atoms with Gasteiger partial charge in [0.05, 0.1) is 5.69 Å². The van der Waals surface area contributed by atoms with Crippen molar-refractivity contribution >= 4 is 38.6 Å². The molecule has 0 unspecified atom stereocenters. The molecular weight excluding hydrogens is 400 g/mol. The molecule has 2 nitrogen and oxygen atoms in total. The first-order valence-corrected chi connectivity index (χ1v) is 11.1. The number of nitrogens with zero attached hydrogens (tertiary/aromatic N) is 2. The molecule has 0 aliphatic carbocycles. The molecule has 156 valence electrons. The van der Waals surface area contributed by atoms with Gasteiger partial charge in [-0.1, -0.05) is 78.9 Å². The second kappa shape index (κ2) is 8.25. The second-order valence-electron chi connectivity index (χ2n) is 8.17. The lowest BCUT2D eigenvalue weighted by atomic mass is 10.0. The predicted octanol–water partition coefficient (Wildman–Crippen LogP) is 8.52. The van der Waals surface area contributed by atoms with E-state index in [1.807, 2.05) is 12.3 Å². The van der Waals surface area contributed by atoms with Crippen LogP contribution in [0.5, 0.6) is 0 Å². The van der Waals surface area contributed by atoms with Crippen molar-refractivity contribution in [1.29, 1.82) is 0 Å². The minimum Gasteiger partial charge on any atom is -0.310 e. The van der Waals surface area contributed by atoms with Crippen molar-refractivity contribution in [3.8, 4) is 11.3 Å². The maximum absolute atomic E-state index is 4.73. The number of hydrogen-bond acceptors (Lipinski definition) is 2. The number of hydrogen-bond donors (Lipinski definition) is 0. The molecule has 6 rings (SSSR count). The molecule has 0 amide bonds. The summed E-state index contributed by atoms with van der Waals surface area (Å²) in [6, 6.07) is 44.8. The molecule has 0 saturated heterocycles. The van der Waals surface area contributed by atoms with Crippen LogP contribution < -0.4 is 4.90 Å². The lowest BCUT2D eigenvalue weighted by molar-refractivity contribution is 1.29. The van der Waals surface area contributed by atoms with E-state index in [4.69, 9.17) is 4.98 Å². The third kappa shape index (κ3) is 3.72. The van der Waals surface area contributed by atoms with E-state index in [1.54, 1.807) is 0 Å². The predicted molar refractivity (Wildman–Crippen MR) is 139 cm³/mol. The summed E-state index contributed by atoms with van der Waals surface area (Å²) >= 11 is 0. The molecule has 0 radical (unpaired) electrons. The Hall–Kier alpha value is -4.43. The Kier molecular flexibility index (Phi) is 4.82. The molecule has 0 bridgehead atoms. The van der Waals surface area contributed by atoms with Crippen LogP contribution in [0.3, 0.4) is 0 Å². The molecule has 5 aromatic carbocycles. The summed E-state index contributed by atoms with van der Waals surface area (Å²) in [7, 11) is 0. The normalized spacial score (nSPS) is 11.0. The molecule has 1 heterocycles. The Morgan fingerprint density at radius 3 is 1.79 bits per heavy atom. The molecule has 0 atom stereocenters. The van der Waals surface area contributed by atoms with Crippen LogP contribution in [0.4, 0.5) is 17.1 Å². The second-order valence-corrected chi connectivity index (χ2v) is 8.17. The van der Waals surface area contributed by atoms with E-state index >= 15 is 0 Å². The molecule has 6 aromatic rings. The smallest absolute Gasteiger partial charge is 0.0708 e.